The Morgan fingerprint density at radius 2 is 2.33 bits per heavy atom. The third-order valence-corrected chi connectivity index (χ3v) is 4.27. The van der Waals surface area contributed by atoms with E-state index >= 15 is 0 Å². The molecule has 1 aliphatic heterocycles. The molecule has 1 aliphatic carbocycles. The molecule has 0 spiro atoms. The number of rotatable bonds is 2. The van der Waals surface area contributed by atoms with Gasteiger partial charge in [0.15, 0.2) is 11.4 Å². The lowest BCUT2D eigenvalue weighted by Crippen LogP contribution is -2.28. The second-order valence-electron chi connectivity index (χ2n) is 5.88. The Balaban J connectivity index is 1.76. The lowest BCUT2D eigenvalue weighted by Gasteiger charge is -2.24. The summed E-state index contributed by atoms with van der Waals surface area (Å²) in [6.07, 6.45) is 5.46. The van der Waals surface area contributed by atoms with Crippen LogP contribution < -0.4 is 5.32 Å². The van der Waals surface area contributed by atoms with Crippen molar-refractivity contribution < 1.29 is 9.63 Å². The number of hydrogen-bond donors (Lipinski definition) is 2. The van der Waals surface area contributed by atoms with Gasteiger partial charge in [-0.1, -0.05) is 24.9 Å². The third-order valence-electron chi connectivity index (χ3n) is 4.27. The van der Waals surface area contributed by atoms with Gasteiger partial charge in [0.25, 0.3) is 5.89 Å². The summed E-state index contributed by atoms with van der Waals surface area (Å²) in [5, 5.41) is 17.6. The van der Waals surface area contributed by atoms with Gasteiger partial charge in [-0.15, -0.1) is 0 Å². The summed E-state index contributed by atoms with van der Waals surface area (Å²) in [5.74, 6) is 2.32. The molecule has 18 heavy (non-hydrogen) atoms. The van der Waals surface area contributed by atoms with Gasteiger partial charge < -0.3 is 14.9 Å². The van der Waals surface area contributed by atoms with Crippen molar-refractivity contribution in [3.63, 3.8) is 0 Å². The van der Waals surface area contributed by atoms with Crippen LogP contribution in [0.15, 0.2) is 4.52 Å². The quantitative estimate of drug-likeness (QED) is 0.834. The zero-order chi connectivity index (χ0) is 12.6. The SMILES string of the molecule is CC1CCCC(c2noc(C3(O)CCNC3)n2)C1. The van der Waals surface area contributed by atoms with E-state index in [9.17, 15) is 5.11 Å². The van der Waals surface area contributed by atoms with E-state index in [-0.39, 0.29) is 0 Å². The standard InChI is InChI=1S/C13H21N3O2/c1-9-3-2-4-10(7-9)11-15-12(18-16-11)13(17)5-6-14-8-13/h9-10,14,17H,2-8H2,1H3. The van der Waals surface area contributed by atoms with E-state index in [0.717, 1.165) is 31.1 Å². The molecule has 2 heterocycles. The zero-order valence-corrected chi connectivity index (χ0v) is 10.9. The van der Waals surface area contributed by atoms with Crippen molar-refractivity contribution in [3.05, 3.63) is 11.7 Å². The second kappa shape index (κ2) is 4.63. The second-order valence-corrected chi connectivity index (χ2v) is 5.88. The molecule has 1 aromatic heterocycles. The van der Waals surface area contributed by atoms with Gasteiger partial charge in [0, 0.05) is 12.5 Å². The monoisotopic (exact) mass is 251 g/mol. The Kier molecular flexibility index (Phi) is 3.11. The largest absolute Gasteiger partial charge is 0.379 e. The molecule has 2 aliphatic rings. The van der Waals surface area contributed by atoms with Gasteiger partial charge in [-0.3, -0.25) is 0 Å². The predicted molar refractivity (Wildman–Crippen MR) is 66.1 cm³/mol. The molecule has 0 bridgehead atoms. The Hall–Kier alpha value is -0.940. The Bertz CT molecular complexity index is 412. The molecule has 100 valence electrons. The van der Waals surface area contributed by atoms with E-state index in [4.69, 9.17) is 4.52 Å². The minimum absolute atomic E-state index is 0.390. The van der Waals surface area contributed by atoms with Crippen molar-refractivity contribution in [1.82, 2.24) is 15.5 Å². The van der Waals surface area contributed by atoms with Gasteiger partial charge in [0.2, 0.25) is 0 Å². The molecule has 5 nitrogen and oxygen atoms in total. The first-order valence-electron chi connectivity index (χ1n) is 6.94. The van der Waals surface area contributed by atoms with E-state index in [1.54, 1.807) is 0 Å². The highest BCUT2D eigenvalue weighted by atomic mass is 16.5. The van der Waals surface area contributed by atoms with Crippen molar-refractivity contribution in [2.45, 2.75) is 50.5 Å². The van der Waals surface area contributed by atoms with Gasteiger partial charge in [-0.25, -0.2) is 0 Å². The lowest BCUT2D eigenvalue weighted by atomic mass is 9.82. The lowest BCUT2D eigenvalue weighted by molar-refractivity contribution is 0.0243. The maximum absolute atomic E-state index is 10.4. The summed E-state index contributed by atoms with van der Waals surface area (Å²) in [6, 6.07) is 0. The number of nitrogens with zero attached hydrogens (tertiary/aromatic N) is 2. The molecule has 5 heteroatoms. The molecule has 2 fully saturated rings. The van der Waals surface area contributed by atoms with E-state index in [0.29, 0.717) is 24.8 Å². The minimum Gasteiger partial charge on any atom is -0.379 e. The molecule has 1 saturated heterocycles. The molecular weight excluding hydrogens is 230 g/mol. The highest BCUT2D eigenvalue weighted by Gasteiger charge is 2.39. The van der Waals surface area contributed by atoms with Crippen LogP contribution in [0, 0.1) is 5.92 Å². The van der Waals surface area contributed by atoms with Gasteiger partial charge in [0.05, 0.1) is 0 Å². The first-order chi connectivity index (χ1) is 8.67. The normalized spacial score (nSPS) is 37.0. The highest BCUT2D eigenvalue weighted by molar-refractivity contribution is 5.06. The molecule has 3 unspecified atom stereocenters. The Morgan fingerprint density at radius 3 is 3.06 bits per heavy atom. The average Bonchev–Trinajstić information content (AvgIpc) is 2.98. The molecule has 0 radical (unpaired) electrons. The van der Waals surface area contributed by atoms with Crippen molar-refractivity contribution in [2.75, 3.05) is 13.1 Å². The van der Waals surface area contributed by atoms with Crippen LogP contribution in [0.2, 0.25) is 0 Å². The molecule has 1 saturated carbocycles. The van der Waals surface area contributed by atoms with Crippen LogP contribution in [-0.2, 0) is 5.60 Å². The molecule has 3 atom stereocenters. The summed E-state index contributed by atoms with van der Waals surface area (Å²) < 4.78 is 5.29. The van der Waals surface area contributed by atoms with Gasteiger partial charge in [-0.05, 0) is 31.7 Å². The highest BCUT2D eigenvalue weighted by Crippen LogP contribution is 2.35. The minimum atomic E-state index is -0.953. The van der Waals surface area contributed by atoms with Crippen LogP contribution in [0.5, 0.6) is 0 Å². The van der Waals surface area contributed by atoms with Crippen molar-refractivity contribution in [1.29, 1.82) is 0 Å². The van der Waals surface area contributed by atoms with E-state index < -0.39 is 5.60 Å². The van der Waals surface area contributed by atoms with Gasteiger partial charge in [0.1, 0.15) is 0 Å². The fraction of sp³-hybridized carbons (Fsp3) is 0.846. The van der Waals surface area contributed by atoms with E-state index in [2.05, 4.69) is 22.4 Å². The Morgan fingerprint density at radius 1 is 1.44 bits per heavy atom. The topological polar surface area (TPSA) is 71.2 Å². The fourth-order valence-electron chi connectivity index (χ4n) is 3.12. The van der Waals surface area contributed by atoms with Crippen molar-refractivity contribution in [2.24, 2.45) is 5.92 Å². The third kappa shape index (κ3) is 2.17. The van der Waals surface area contributed by atoms with Crippen LogP contribution >= 0.6 is 0 Å². The van der Waals surface area contributed by atoms with Crippen molar-refractivity contribution >= 4 is 0 Å². The summed E-state index contributed by atoms with van der Waals surface area (Å²) in [5.41, 5.74) is -0.953. The maximum atomic E-state index is 10.4. The summed E-state index contributed by atoms with van der Waals surface area (Å²) in [7, 11) is 0. The van der Waals surface area contributed by atoms with Crippen molar-refractivity contribution in [3.8, 4) is 0 Å². The molecule has 3 rings (SSSR count). The van der Waals surface area contributed by atoms with Crippen LogP contribution in [0.3, 0.4) is 0 Å². The molecular formula is C13H21N3O2. The number of aromatic nitrogens is 2. The number of nitrogens with one attached hydrogen (secondary N) is 1. The van der Waals surface area contributed by atoms with Crippen LogP contribution in [0.1, 0.15) is 56.7 Å². The summed E-state index contributed by atoms with van der Waals surface area (Å²) >= 11 is 0. The number of β-amino-alcohol motifs (C(OH)–C–C–N with tert-alkyl or cyclic N) is 1. The predicted octanol–water partition coefficient (Wildman–Crippen LogP) is 1.54. The molecule has 1 aromatic rings. The van der Waals surface area contributed by atoms with E-state index in [1.807, 2.05) is 0 Å². The molecule has 2 N–H and O–H groups in total. The summed E-state index contributed by atoms with van der Waals surface area (Å²) in [6.45, 7) is 3.59. The van der Waals surface area contributed by atoms with Crippen LogP contribution in [0.4, 0.5) is 0 Å². The smallest absolute Gasteiger partial charge is 0.259 e. The molecule has 0 amide bonds. The van der Waals surface area contributed by atoms with Gasteiger partial charge in [-0.2, -0.15) is 4.98 Å². The van der Waals surface area contributed by atoms with E-state index in [1.165, 1.54) is 12.8 Å². The zero-order valence-electron chi connectivity index (χ0n) is 10.9. The Labute approximate surface area is 107 Å². The van der Waals surface area contributed by atoms with Crippen LogP contribution in [-0.4, -0.2) is 28.3 Å². The number of aliphatic hydroxyl groups is 1. The first kappa shape index (κ1) is 12.1. The van der Waals surface area contributed by atoms with Crippen LogP contribution in [0.25, 0.3) is 0 Å². The molecule has 0 aromatic carbocycles. The van der Waals surface area contributed by atoms with Gasteiger partial charge >= 0.3 is 0 Å². The maximum Gasteiger partial charge on any atom is 0.259 e. The fourth-order valence-corrected chi connectivity index (χ4v) is 3.12. The first-order valence-corrected chi connectivity index (χ1v) is 6.94. The summed E-state index contributed by atoms with van der Waals surface area (Å²) in [4.78, 5) is 4.45. The number of hydrogen-bond acceptors (Lipinski definition) is 5. The average molecular weight is 251 g/mol.